The lowest BCUT2D eigenvalue weighted by molar-refractivity contribution is 0.256. The summed E-state index contributed by atoms with van der Waals surface area (Å²) in [5.41, 5.74) is 0. The second kappa shape index (κ2) is 9.34. The molecular weight excluding hydrogens is 172 g/mol. The number of halogens is 1. The van der Waals surface area contributed by atoms with Crippen LogP contribution in [-0.4, -0.2) is 17.6 Å². The van der Waals surface area contributed by atoms with Crippen molar-refractivity contribution in [2.24, 2.45) is 5.92 Å². The summed E-state index contributed by atoms with van der Waals surface area (Å²) in [6.07, 6.45) is 7.20. The number of hydrogen-bond donors (Lipinski definition) is 1. The number of rotatable bonds is 8. The van der Waals surface area contributed by atoms with E-state index in [1.165, 1.54) is 25.7 Å². The summed E-state index contributed by atoms with van der Waals surface area (Å²) in [7, 11) is 0. The lowest BCUT2D eigenvalue weighted by Crippen LogP contribution is -1.97. The highest BCUT2D eigenvalue weighted by Gasteiger charge is 1.99. The molecule has 0 saturated carbocycles. The standard InChI is InChI=1S/C10H21ClO/c1-10(7-9-12)6-4-2-3-5-8-11/h10,12H,2-9H2,1H3/t10-/m0/s1. The van der Waals surface area contributed by atoms with Crippen LogP contribution in [0.5, 0.6) is 0 Å². The van der Waals surface area contributed by atoms with Crippen molar-refractivity contribution in [3.63, 3.8) is 0 Å². The molecule has 0 rings (SSSR count). The average molecular weight is 193 g/mol. The van der Waals surface area contributed by atoms with E-state index in [0.717, 1.165) is 18.7 Å². The van der Waals surface area contributed by atoms with Crippen LogP contribution < -0.4 is 0 Å². The molecule has 0 bridgehead atoms. The summed E-state index contributed by atoms with van der Waals surface area (Å²) in [5, 5.41) is 8.66. The van der Waals surface area contributed by atoms with E-state index < -0.39 is 0 Å². The lowest BCUT2D eigenvalue weighted by Gasteiger charge is -2.08. The van der Waals surface area contributed by atoms with E-state index in [1.807, 2.05) is 0 Å². The molecule has 1 N–H and O–H groups in total. The van der Waals surface area contributed by atoms with Crippen LogP contribution >= 0.6 is 11.6 Å². The summed E-state index contributed by atoms with van der Waals surface area (Å²) >= 11 is 5.56. The highest BCUT2D eigenvalue weighted by molar-refractivity contribution is 6.17. The van der Waals surface area contributed by atoms with Crippen LogP contribution in [0, 0.1) is 5.92 Å². The Morgan fingerprint density at radius 1 is 1.08 bits per heavy atom. The molecule has 0 heterocycles. The Kier molecular flexibility index (Phi) is 9.53. The van der Waals surface area contributed by atoms with E-state index in [9.17, 15) is 0 Å². The van der Waals surface area contributed by atoms with E-state index in [1.54, 1.807) is 0 Å². The third-order valence-electron chi connectivity index (χ3n) is 2.20. The molecule has 0 aliphatic heterocycles. The van der Waals surface area contributed by atoms with Crippen LogP contribution in [0.25, 0.3) is 0 Å². The Morgan fingerprint density at radius 2 is 1.75 bits per heavy atom. The molecule has 0 radical (unpaired) electrons. The third-order valence-corrected chi connectivity index (χ3v) is 2.47. The van der Waals surface area contributed by atoms with E-state index in [2.05, 4.69) is 6.92 Å². The van der Waals surface area contributed by atoms with Gasteiger partial charge in [0.2, 0.25) is 0 Å². The molecule has 1 atom stereocenters. The molecule has 74 valence electrons. The van der Waals surface area contributed by atoms with Crippen LogP contribution in [0.2, 0.25) is 0 Å². The third kappa shape index (κ3) is 8.35. The zero-order valence-electron chi connectivity index (χ0n) is 8.06. The van der Waals surface area contributed by atoms with Crippen LogP contribution in [0.4, 0.5) is 0 Å². The molecule has 0 aromatic heterocycles. The minimum absolute atomic E-state index is 0.336. The van der Waals surface area contributed by atoms with Gasteiger partial charge in [-0.05, 0) is 18.8 Å². The second-order valence-corrected chi connectivity index (χ2v) is 3.89. The van der Waals surface area contributed by atoms with E-state index >= 15 is 0 Å². The quantitative estimate of drug-likeness (QED) is 0.463. The van der Waals surface area contributed by atoms with Gasteiger partial charge in [-0.2, -0.15) is 0 Å². The number of aliphatic hydroxyl groups excluding tert-OH is 1. The van der Waals surface area contributed by atoms with Gasteiger partial charge in [0.1, 0.15) is 0 Å². The second-order valence-electron chi connectivity index (χ2n) is 3.51. The predicted octanol–water partition coefficient (Wildman–Crippen LogP) is 3.19. The Morgan fingerprint density at radius 3 is 2.33 bits per heavy atom. The van der Waals surface area contributed by atoms with Crippen molar-refractivity contribution in [2.75, 3.05) is 12.5 Å². The van der Waals surface area contributed by atoms with Gasteiger partial charge in [0.15, 0.2) is 0 Å². The van der Waals surface area contributed by atoms with Gasteiger partial charge >= 0.3 is 0 Å². The maximum atomic E-state index is 8.66. The highest BCUT2D eigenvalue weighted by Crippen LogP contribution is 2.13. The van der Waals surface area contributed by atoms with Crippen LogP contribution in [-0.2, 0) is 0 Å². The fourth-order valence-corrected chi connectivity index (χ4v) is 1.49. The van der Waals surface area contributed by atoms with Crippen molar-refractivity contribution >= 4 is 11.6 Å². The van der Waals surface area contributed by atoms with Crippen LogP contribution in [0.3, 0.4) is 0 Å². The molecular formula is C10H21ClO. The molecule has 1 nitrogen and oxygen atoms in total. The lowest BCUT2D eigenvalue weighted by atomic mass is 10.00. The molecule has 0 aromatic rings. The zero-order valence-corrected chi connectivity index (χ0v) is 8.82. The van der Waals surface area contributed by atoms with Crippen LogP contribution in [0.15, 0.2) is 0 Å². The molecule has 0 aromatic carbocycles. The van der Waals surface area contributed by atoms with Crippen molar-refractivity contribution < 1.29 is 5.11 Å². The monoisotopic (exact) mass is 192 g/mol. The molecule has 0 unspecified atom stereocenters. The topological polar surface area (TPSA) is 20.2 Å². The normalized spacial score (nSPS) is 13.2. The summed E-state index contributed by atoms with van der Waals surface area (Å²) in [4.78, 5) is 0. The molecule has 12 heavy (non-hydrogen) atoms. The van der Waals surface area contributed by atoms with Crippen LogP contribution in [0.1, 0.15) is 45.4 Å². The van der Waals surface area contributed by atoms with E-state index in [-0.39, 0.29) is 0 Å². The summed E-state index contributed by atoms with van der Waals surface area (Å²) < 4.78 is 0. The molecule has 0 saturated heterocycles. The van der Waals surface area contributed by atoms with E-state index in [0.29, 0.717) is 12.5 Å². The number of unbranched alkanes of at least 4 members (excludes halogenated alkanes) is 3. The summed E-state index contributed by atoms with van der Waals surface area (Å²) in [5.74, 6) is 1.48. The number of hydrogen-bond acceptors (Lipinski definition) is 1. The van der Waals surface area contributed by atoms with E-state index in [4.69, 9.17) is 16.7 Å². The maximum Gasteiger partial charge on any atom is 0.0433 e. The fraction of sp³-hybridized carbons (Fsp3) is 1.00. The zero-order chi connectivity index (χ0) is 9.23. The van der Waals surface area contributed by atoms with Crippen molar-refractivity contribution in [1.82, 2.24) is 0 Å². The SMILES string of the molecule is C[C@H](CCO)CCCCCCCl. The van der Waals surface area contributed by atoms with Gasteiger partial charge in [0, 0.05) is 12.5 Å². The maximum absolute atomic E-state index is 8.66. The Hall–Kier alpha value is 0.250. The minimum atomic E-state index is 0.336. The Bertz CT molecular complexity index is 85.9. The van der Waals surface area contributed by atoms with Crippen molar-refractivity contribution in [1.29, 1.82) is 0 Å². The first-order chi connectivity index (χ1) is 5.81. The van der Waals surface area contributed by atoms with Crippen molar-refractivity contribution in [2.45, 2.75) is 45.4 Å². The summed E-state index contributed by atoms with van der Waals surface area (Å²) in [6, 6.07) is 0. The Balaban J connectivity index is 2.97. The van der Waals surface area contributed by atoms with Gasteiger partial charge < -0.3 is 5.11 Å². The predicted molar refractivity (Wildman–Crippen MR) is 54.7 cm³/mol. The van der Waals surface area contributed by atoms with Gasteiger partial charge in [-0.15, -0.1) is 11.6 Å². The first-order valence-electron chi connectivity index (χ1n) is 4.98. The van der Waals surface area contributed by atoms with Crippen molar-refractivity contribution in [3.8, 4) is 0 Å². The molecule has 0 fully saturated rings. The Labute approximate surface area is 81.1 Å². The average Bonchev–Trinajstić information content (AvgIpc) is 2.05. The largest absolute Gasteiger partial charge is 0.396 e. The highest BCUT2D eigenvalue weighted by atomic mass is 35.5. The molecule has 0 amide bonds. The molecule has 2 heteroatoms. The summed E-state index contributed by atoms with van der Waals surface area (Å²) in [6.45, 7) is 2.54. The smallest absolute Gasteiger partial charge is 0.0433 e. The van der Waals surface area contributed by atoms with Gasteiger partial charge in [-0.3, -0.25) is 0 Å². The number of aliphatic hydroxyl groups is 1. The molecule has 0 spiro atoms. The van der Waals surface area contributed by atoms with Gasteiger partial charge in [0.05, 0.1) is 0 Å². The van der Waals surface area contributed by atoms with Crippen molar-refractivity contribution in [3.05, 3.63) is 0 Å². The fourth-order valence-electron chi connectivity index (χ4n) is 1.31. The molecule has 0 aliphatic carbocycles. The first-order valence-corrected chi connectivity index (χ1v) is 5.51. The van der Waals surface area contributed by atoms with Gasteiger partial charge in [-0.25, -0.2) is 0 Å². The van der Waals surface area contributed by atoms with Gasteiger partial charge in [0.25, 0.3) is 0 Å². The van der Waals surface area contributed by atoms with Gasteiger partial charge in [-0.1, -0.05) is 32.6 Å². The first kappa shape index (κ1) is 12.2. The molecule has 0 aliphatic rings. The minimum Gasteiger partial charge on any atom is -0.396 e. The number of alkyl halides is 1.